The van der Waals surface area contributed by atoms with Crippen molar-refractivity contribution in [2.45, 2.75) is 32.6 Å². The first-order valence-electron chi connectivity index (χ1n) is 7.71. The van der Waals surface area contributed by atoms with E-state index >= 15 is 0 Å². The molecule has 22 heavy (non-hydrogen) atoms. The number of nitrogens with one attached hydrogen (secondary N) is 1. The van der Waals surface area contributed by atoms with Crippen molar-refractivity contribution in [2.24, 2.45) is 11.0 Å². The van der Waals surface area contributed by atoms with Crippen LogP contribution in [0.4, 0.5) is 0 Å². The Morgan fingerprint density at radius 2 is 2.00 bits per heavy atom. The van der Waals surface area contributed by atoms with Gasteiger partial charge in [0.25, 0.3) is 5.91 Å². The van der Waals surface area contributed by atoms with Gasteiger partial charge in [-0.3, -0.25) is 4.79 Å². The van der Waals surface area contributed by atoms with Crippen LogP contribution in [0.3, 0.4) is 0 Å². The van der Waals surface area contributed by atoms with Crippen molar-refractivity contribution in [3.8, 4) is 5.75 Å². The third-order valence-corrected chi connectivity index (χ3v) is 4.17. The van der Waals surface area contributed by atoms with E-state index in [0.717, 1.165) is 35.7 Å². The highest BCUT2D eigenvalue weighted by Gasteiger charge is 2.16. The van der Waals surface area contributed by atoms with Gasteiger partial charge in [-0.15, -0.1) is 0 Å². The lowest BCUT2D eigenvalue weighted by atomic mass is 9.89. The monoisotopic (exact) mass is 296 g/mol. The van der Waals surface area contributed by atoms with E-state index < -0.39 is 0 Å². The first-order chi connectivity index (χ1) is 10.6. The molecule has 1 aliphatic rings. The number of fused-ring (bicyclic) bond motifs is 1. The molecule has 0 aromatic heterocycles. The van der Waals surface area contributed by atoms with Gasteiger partial charge < -0.3 is 5.11 Å². The van der Waals surface area contributed by atoms with Gasteiger partial charge in [-0.25, -0.2) is 5.43 Å². The zero-order chi connectivity index (χ0) is 15.5. The van der Waals surface area contributed by atoms with Gasteiger partial charge >= 0.3 is 0 Å². The molecule has 1 amide bonds. The molecule has 4 nitrogen and oxygen atoms in total. The molecule has 1 aliphatic carbocycles. The maximum Gasteiger partial charge on any atom is 0.275 e. The predicted molar refractivity (Wildman–Crippen MR) is 88.1 cm³/mol. The van der Waals surface area contributed by atoms with Crippen molar-refractivity contribution >= 4 is 22.4 Å². The molecule has 2 aromatic rings. The number of carbonyl (C=O) groups excluding carboxylic acids is 1. The van der Waals surface area contributed by atoms with Crippen molar-refractivity contribution in [3.05, 3.63) is 42.0 Å². The number of phenolic OH excluding ortho intramolecular Hbond substituents is 1. The number of phenols is 1. The van der Waals surface area contributed by atoms with Crippen LogP contribution in [0.5, 0.6) is 5.75 Å². The Labute approximate surface area is 129 Å². The third-order valence-electron chi connectivity index (χ3n) is 4.17. The van der Waals surface area contributed by atoms with E-state index in [2.05, 4.69) is 17.5 Å². The Hall–Kier alpha value is -2.36. The molecule has 4 heteroatoms. The molecule has 1 atom stereocenters. The maximum absolute atomic E-state index is 12.3. The fourth-order valence-electron chi connectivity index (χ4n) is 2.96. The molecule has 1 saturated carbocycles. The number of hydrogen-bond acceptors (Lipinski definition) is 3. The van der Waals surface area contributed by atoms with Gasteiger partial charge in [-0.05, 0) is 54.5 Å². The molecule has 0 radical (unpaired) electrons. The van der Waals surface area contributed by atoms with Gasteiger partial charge in [-0.2, -0.15) is 5.10 Å². The van der Waals surface area contributed by atoms with Crippen LogP contribution in [0.1, 0.15) is 43.0 Å². The van der Waals surface area contributed by atoms with Crippen LogP contribution in [0, 0.1) is 5.92 Å². The molecule has 0 saturated heterocycles. The van der Waals surface area contributed by atoms with Crippen LogP contribution in [0.15, 0.2) is 41.5 Å². The minimum atomic E-state index is -0.367. The summed E-state index contributed by atoms with van der Waals surface area (Å²) in [6.07, 6.45) is 4.22. The third kappa shape index (κ3) is 3.11. The molecular formula is C18H20N2O2. The molecule has 1 fully saturated rings. The van der Waals surface area contributed by atoms with Crippen molar-refractivity contribution in [3.63, 3.8) is 0 Å². The average Bonchev–Trinajstić information content (AvgIpc) is 2.52. The summed E-state index contributed by atoms with van der Waals surface area (Å²) in [5.74, 6) is 0.237. The van der Waals surface area contributed by atoms with E-state index in [1.165, 1.54) is 6.42 Å². The summed E-state index contributed by atoms with van der Waals surface area (Å²) in [5, 5.41) is 16.1. The first kappa shape index (κ1) is 14.6. The first-order valence-corrected chi connectivity index (χ1v) is 7.71. The molecule has 0 heterocycles. The van der Waals surface area contributed by atoms with E-state index in [1.54, 1.807) is 12.1 Å². The summed E-state index contributed by atoms with van der Waals surface area (Å²) in [7, 11) is 0. The predicted octanol–water partition coefficient (Wildman–Crippen LogP) is 3.84. The maximum atomic E-state index is 12.3. The molecule has 0 spiro atoms. The van der Waals surface area contributed by atoms with Crippen LogP contribution in [-0.2, 0) is 0 Å². The topological polar surface area (TPSA) is 61.7 Å². The number of carbonyl (C=O) groups is 1. The van der Waals surface area contributed by atoms with Gasteiger partial charge in [0.15, 0.2) is 0 Å². The summed E-state index contributed by atoms with van der Waals surface area (Å²) >= 11 is 0. The molecule has 114 valence electrons. The number of hydrazone groups is 1. The Kier molecular flexibility index (Phi) is 4.09. The van der Waals surface area contributed by atoms with Gasteiger partial charge in [0.2, 0.25) is 0 Å². The van der Waals surface area contributed by atoms with Crippen LogP contribution < -0.4 is 5.43 Å². The summed E-state index contributed by atoms with van der Waals surface area (Å²) in [6, 6.07) is 10.9. The summed E-state index contributed by atoms with van der Waals surface area (Å²) in [6.45, 7) is 2.20. The molecule has 0 unspecified atom stereocenters. The summed E-state index contributed by atoms with van der Waals surface area (Å²) in [5.41, 5.74) is 3.87. The van der Waals surface area contributed by atoms with Crippen molar-refractivity contribution in [2.75, 3.05) is 0 Å². The number of amides is 1. The highest BCUT2D eigenvalue weighted by Crippen LogP contribution is 2.25. The highest BCUT2D eigenvalue weighted by atomic mass is 16.3. The molecule has 2 N–H and O–H groups in total. The number of aromatic hydroxyl groups is 1. The highest BCUT2D eigenvalue weighted by molar-refractivity contribution is 6.02. The minimum absolute atomic E-state index is 0.0200. The largest absolute Gasteiger partial charge is 0.507 e. The fourth-order valence-corrected chi connectivity index (χ4v) is 2.96. The normalized spacial score (nSPS) is 20.2. The van der Waals surface area contributed by atoms with Gasteiger partial charge in [0.1, 0.15) is 5.75 Å². The second kappa shape index (κ2) is 6.18. The zero-order valence-electron chi connectivity index (χ0n) is 12.7. The zero-order valence-corrected chi connectivity index (χ0v) is 12.7. The van der Waals surface area contributed by atoms with Crippen LogP contribution in [0.25, 0.3) is 10.8 Å². The van der Waals surface area contributed by atoms with Crippen molar-refractivity contribution in [1.82, 2.24) is 5.43 Å². The van der Waals surface area contributed by atoms with Gasteiger partial charge in [-0.1, -0.05) is 31.2 Å². The van der Waals surface area contributed by atoms with Crippen molar-refractivity contribution in [1.29, 1.82) is 0 Å². The number of rotatable bonds is 2. The molecule has 0 aliphatic heterocycles. The van der Waals surface area contributed by atoms with E-state index in [4.69, 9.17) is 0 Å². The SMILES string of the molecule is C[C@@H]1CCC/C(=N/NC(=O)c2cc3ccccc3cc2O)C1. The second-order valence-electron chi connectivity index (χ2n) is 6.04. The Morgan fingerprint density at radius 1 is 1.27 bits per heavy atom. The smallest absolute Gasteiger partial charge is 0.275 e. The molecule has 2 aromatic carbocycles. The van der Waals surface area contributed by atoms with E-state index in [1.807, 2.05) is 24.3 Å². The standard InChI is InChI=1S/C18H20N2O2/c1-12-5-4-8-15(9-12)19-20-18(22)16-10-13-6-2-3-7-14(13)11-17(16)21/h2-3,6-7,10-12,21H,4-5,8-9H2,1H3,(H,20,22)/b19-15-/t12-/m1/s1. The Morgan fingerprint density at radius 3 is 2.73 bits per heavy atom. The van der Waals surface area contributed by atoms with Crippen molar-refractivity contribution < 1.29 is 9.90 Å². The lowest BCUT2D eigenvalue weighted by Crippen LogP contribution is -2.22. The summed E-state index contributed by atoms with van der Waals surface area (Å²) < 4.78 is 0. The fraction of sp³-hybridized carbons (Fsp3) is 0.333. The molecule has 3 rings (SSSR count). The Bertz CT molecular complexity index is 737. The minimum Gasteiger partial charge on any atom is -0.507 e. The van der Waals surface area contributed by atoms with Crippen LogP contribution >= 0.6 is 0 Å². The summed E-state index contributed by atoms with van der Waals surface area (Å²) in [4.78, 5) is 12.3. The van der Waals surface area contributed by atoms with E-state index in [-0.39, 0.29) is 17.2 Å². The van der Waals surface area contributed by atoms with Gasteiger partial charge in [0, 0.05) is 5.71 Å². The van der Waals surface area contributed by atoms with Gasteiger partial charge in [0.05, 0.1) is 5.56 Å². The van der Waals surface area contributed by atoms with E-state index in [0.29, 0.717) is 5.92 Å². The lowest BCUT2D eigenvalue weighted by molar-refractivity contribution is 0.0952. The van der Waals surface area contributed by atoms with Crippen LogP contribution in [-0.4, -0.2) is 16.7 Å². The van der Waals surface area contributed by atoms with E-state index in [9.17, 15) is 9.90 Å². The van der Waals surface area contributed by atoms with Crippen LogP contribution in [0.2, 0.25) is 0 Å². The quantitative estimate of drug-likeness (QED) is 0.827. The average molecular weight is 296 g/mol. The number of benzene rings is 2. The second-order valence-corrected chi connectivity index (χ2v) is 6.04. The Balaban J connectivity index is 1.80. The lowest BCUT2D eigenvalue weighted by Gasteiger charge is -2.19. The number of nitrogens with zero attached hydrogens (tertiary/aromatic N) is 1. The number of hydrogen-bond donors (Lipinski definition) is 2. The molecular weight excluding hydrogens is 276 g/mol. The molecule has 0 bridgehead atoms.